The predicted molar refractivity (Wildman–Crippen MR) is 183 cm³/mol. The first-order valence-electron chi connectivity index (χ1n) is 16.8. The van der Waals surface area contributed by atoms with Gasteiger partial charge in [0.05, 0.1) is 6.20 Å². The molecule has 4 aromatic rings. The maximum absolute atomic E-state index is 14.3. The van der Waals surface area contributed by atoms with Gasteiger partial charge in [-0.05, 0) is 87.0 Å². The van der Waals surface area contributed by atoms with E-state index in [0.29, 0.717) is 37.1 Å². The highest BCUT2D eigenvalue weighted by Crippen LogP contribution is 2.29. The van der Waals surface area contributed by atoms with Crippen LogP contribution >= 0.6 is 0 Å². The highest BCUT2D eigenvalue weighted by atomic mass is 19.1. The molecule has 11 heteroatoms. The molecule has 0 atom stereocenters. The Morgan fingerprint density at radius 3 is 2.23 bits per heavy atom. The minimum atomic E-state index is -0.620. The fourth-order valence-corrected chi connectivity index (χ4v) is 6.32. The molecule has 1 aliphatic heterocycles. The summed E-state index contributed by atoms with van der Waals surface area (Å²) in [6.45, 7) is 7.42. The smallest absolute Gasteiger partial charge is 0.272 e. The number of hydrogen-bond acceptors (Lipinski definition) is 7. The van der Waals surface area contributed by atoms with Crippen LogP contribution in [0.25, 0.3) is 11.1 Å². The normalized spacial score (nSPS) is 18.8. The molecule has 2 aromatic heterocycles. The van der Waals surface area contributed by atoms with Crippen molar-refractivity contribution in [3.8, 4) is 22.8 Å². The molecule has 1 saturated heterocycles. The zero-order valence-corrected chi connectivity index (χ0v) is 27.9. The number of halogens is 1. The maximum Gasteiger partial charge on any atom is 0.272 e. The Morgan fingerprint density at radius 2 is 1.56 bits per heavy atom. The van der Waals surface area contributed by atoms with Crippen molar-refractivity contribution in [1.82, 2.24) is 35.2 Å². The number of carbonyl (C=O) groups is 2. The molecular formula is C37H44FN7O3. The summed E-state index contributed by atoms with van der Waals surface area (Å²) in [5.41, 5.74) is 4.66. The average Bonchev–Trinajstić information content (AvgIpc) is 3.44. The van der Waals surface area contributed by atoms with Gasteiger partial charge in [-0.15, -0.1) is 0 Å². The van der Waals surface area contributed by atoms with Crippen molar-refractivity contribution in [3.05, 3.63) is 95.2 Å². The van der Waals surface area contributed by atoms with Gasteiger partial charge in [0.2, 0.25) is 5.88 Å². The molecule has 1 saturated carbocycles. The quantitative estimate of drug-likeness (QED) is 0.249. The molecule has 2 amide bonds. The van der Waals surface area contributed by atoms with Gasteiger partial charge in [-0.1, -0.05) is 36.4 Å². The molecule has 252 valence electrons. The van der Waals surface area contributed by atoms with Crippen LogP contribution in [0.5, 0.6) is 11.6 Å². The zero-order chi connectivity index (χ0) is 33.6. The Bertz CT molecular complexity index is 1710. The Hall–Kier alpha value is -4.61. The number of rotatable bonds is 10. The van der Waals surface area contributed by atoms with Crippen molar-refractivity contribution in [2.45, 2.75) is 51.1 Å². The van der Waals surface area contributed by atoms with Gasteiger partial charge in [0, 0.05) is 57.5 Å². The minimum Gasteiger partial charge on any atom is -0.438 e. The number of carbonyl (C=O) groups excluding carboxylic acids is 2. The molecule has 2 N–H and O–H groups in total. The molecule has 6 rings (SSSR count). The summed E-state index contributed by atoms with van der Waals surface area (Å²) < 4.78 is 22.1. The van der Waals surface area contributed by atoms with Gasteiger partial charge >= 0.3 is 0 Å². The lowest BCUT2D eigenvalue weighted by molar-refractivity contribution is 0.0887. The molecule has 0 bridgehead atoms. The number of aromatic nitrogens is 3. The summed E-state index contributed by atoms with van der Waals surface area (Å²) >= 11 is 0. The summed E-state index contributed by atoms with van der Waals surface area (Å²) in [6, 6.07) is 19.0. The Morgan fingerprint density at radius 1 is 0.875 bits per heavy atom. The number of hydrogen-bond donors (Lipinski definition) is 2. The van der Waals surface area contributed by atoms with Crippen LogP contribution < -0.4 is 15.4 Å². The summed E-state index contributed by atoms with van der Waals surface area (Å²) in [4.78, 5) is 35.0. The number of likely N-dealkylation sites (N-methyl/N-ethyl adjacent to an activating group) is 1. The van der Waals surface area contributed by atoms with Crippen molar-refractivity contribution in [2.75, 3.05) is 39.8 Å². The molecule has 2 fully saturated rings. The lowest BCUT2D eigenvalue weighted by Gasteiger charge is -2.32. The molecule has 1 aliphatic carbocycles. The maximum atomic E-state index is 14.3. The van der Waals surface area contributed by atoms with E-state index in [-0.39, 0.29) is 29.4 Å². The van der Waals surface area contributed by atoms with Gasteiger partial charge in [0.25, 0.3) is 11.8 Å². The van der Waals surface area contributed by atoms with Gasteiger partial charge < -0.3 is 25.2 Å². The van der Waals surface area contributed by atoms with E-state index in [1.807, 2.05) is 25.1 Å². The number of ether oxygens (including phenoxy) is 1. The van der Waals surface area contributed by atoms with Gasteiger partial charge in [-0.3, -0.25) is 14.3 Å². The first-order valence-corrected chi connectivity index (χ1v) is 16.8. The topological polar surface area (TPSA) is 105 Å². The van der Waals surface area contributed by atoms with Crippen LogP contribution in [0.4, 0.5) is 4.39 Å². The molecule has 0 radical (unpaired) electrons. The fourth-order valence-electron chi connectivity index (χ4n) is 6.32. The van der Waals surface area contributed by atoms with E-state index >= 15 is 0 Å². The van der Waals surface area contributed by atoms with E-state index < -0.39 is 11.7 Å². The first-order chi connectivity index (χ1) is 23.2. The summed E-state index contributed by atoms with van der Waals surface area (Å²) in [5.74, 6) is -0.727. The van der Waals surface area contributed by atoms with Gasteiger partial charge in [0.15, 0.2) is 0 Å². The van der Waals surface area contributed by atoms with E-state index in [1.54, 1.807) is 23.9 Å². The standard InChI is InChI=1S/C37H44FN7O3/c1-25-21-34(42-44(25)3)36(47)41-31-13-11-30(12-14-31)40-35(46)33-23-29(38)24-39-37(33)48-32-6-4-5-28(22-32)27-9-7-26(8-10-27)15-16-45-19-17-43(2)18-20-45/h4-10,21-24,30-31H,11-20H2,1-3H3,(H,40,46)(H,41,47)/t30-,31-. The molecular weight excluding hydrogens is 609 g/mol. The van der Waals surface area contributed by atoms with E-state index in [0.717, 1.165) is 68.2 Å². The number of amides is 2. The fraction of sp³-hybridized carbons (Fsp3) is 0.405. The molecule has 0 spiro atoms. The molecule has 10 nitrogen and oxygen atoms in total. The summed E-state index contributed by atoms with van der Waals surface area (Å²) in [7, 11) is 3.98. The molecule has 3 heterocycles. The van der Waals surface area contributed by atoms with Crippen molar-refractivity contribution in [1.29, 1.82) is 0 Å². The molecule has 2 aliphatic rings. The van der Waals surface area contributed by atoms with Crippen molar-refractivity contribution in [2.24, 2.45) is 7.05 Å². The highest BCUT2D eigenvalue weighted by molar-refractivity contribution is 5.96. The SMILES string of the molecule is Cc1cc(C(=O)N[C@H]2CC[C@H](NC(=O)c3cc(F)cnc3Oc3cccc(-c4ccc(CCN5CCN(C)CC5)cc4)c3)CC2)nn1C. The Balaban J connectivity index is 1.04. The van der Waals surface area contributed by atoms with E-state index in [2.05, 4.69) is 61.8 Å². The second-order valence-corrected chi connectivity index (χ2v) is 13.0. The third kappa shape index (κ3) is 8.45. The second-order valence-electron chi connectivity index (χ2n) is 13.0. The number of nitrogens with one attached hydrogen (secondary N) is 2. The monoisotopic (exact) mass is 653 g/mol. The number of benzene rings is 2. The number of pyridine rings is 1. The van der Waals surface area contributed by atoms with Crippen LogP contribution in [0, 0.1) is 12.7 Å². The summed E-state index contributed by atoms with van der Waals surface area (Å²) in [6.07, 6.45) is 4.82. The van der Waals surface area contributed by atoms with E-state index in [4.69, 9.17) is 4.74 Å². The van der Waals surface area contributed by atoms with Crippen LogP contribution in [0.2, 0.25) is 0 Å². The van der Waals surface area contributed by atoms with Crippen LogP contribution in [0.15, 0.2) is 66.9 Å². The van der Waals surface area contributed by atoms with Crippen molar-refractivity contribution >= 4 is 11.8 Å². The zero-order valence-electron chi connectivity index (χ0n) is 27.9. The highest BCUT2D eigenvalue weighted by Gasteiger charge is 2.26. The lowest BCUT2D eigenvalue weighted by atomic mass is 9.91. The lowest BCUT2D eigenvalue weighted by Crippen LogP contribution is -2.45. The van der Waals surface area contributed by atoms with Crippen LogP contribution in [0.1, 0.15) is 57.8 Å². The van der Waals surface area contributed by atoms with E-state index in [1.165, 1.54) is 5.56 Å². The van der Waals surface area contributed by atoms with Crippen LogP contribution in [-0.2, 0) is 13.5 Å². The number of aryl methyl sites for hydroxylation is 2. The van der Waals surface area contributed by atoms with Crippen molar-refractivity contribution in [3.63, 3.8) is 0 Å². The third-order valence-electron chi connectivity index (χ3n) is 9.45. The summed E-state index contributed by atoms with van der Waals surface area (Å²) in [5, 5.41) is 10.3. The molecule has 2 aromatic carbocycles. The minimum absolute atomic E-state index is 0.00625. The van der Waals surface area contributed by atoms with Gasteiger partial charge in [-0.2, -0.15) is 5.10 Å². The molecule has 0 unspecified atom stereocenters. The number of piperazine rings is 1. The average molecular weight is 654 g/mol. The second kappa shape index (κ2) is 15.1. The Labute approximate surface area is 281 Å². The third-order valence-corrected chi connectivity index (χ3v) is 9.45. The van der Waals surface area contributed by atoms with Gasteiger partial charge in [0.1, 0.15) is 22.8 Å². The van der Waals surface area contributed by atoms with Gasteiger partial charge in [-0.25, -0.2) is 9.37 Å². The molecule has 48 heavy (non-hydrogen) atoms. The van der Waals surface area contributed by atoms with Crippen LogP contribution in [-0.4, -0.2) is 88.2 Å². The van der Waals surface area contributed by atoms with Crippen LogP contribution in [0.3, 0.4) is 0 Å². The number of nitrogens with zero attached hydrogens (tertiary/aromatic N) is 5. The largest absolute Gasteiger partial charge is 0.438 e. The predicted octanol–water partition coefficient (Wildman–Crippen LogP) is 4.98. The first kappa shape index (κ1) is 33.3. The Kier molecular flexibility index (Phi) is 10.5. The van der Waals surface area contributed by atoms with Crippen molar-refractivity contribution < 1.29 is 18.7 Å². The van der Waals surface area contributed by atoms with E-state index in [9.17, 15) is 14.0 Å².